The second-order valence-corrected chi connectivity index (χ2v) is 5.38. The fourth-order valence-corrected chi connectivity index (χ4v) is 2.12. The highest BCUT2D eigenvalue weighted by molar-refractivity contribution is 5.97. The molecular formula is C18H21N3O3. The molecule has 2 rings (SSSR count). The molecular weight excluding hydrogens is 306 g/mol. The smallest absolute Gasteiger partial charge is 0.321 e. The predicted molar refractivity (Wildman–Crippen MR) is 92.3 cm³/mol. The lowest BCUT2D eigenvalue weighted by atomic mass is 10.2. The first kappa shape index (κ1) is 17.5. The van der Waals surface area contributed by atoms with E-state index in [2.05, 4.69) is 16.0 Å². The number of rotatable bonds is 6. The van der Waals surface area contributed by atoms with E-state index in [9.17, 15) is 9.59 Å². The van der Waals surface area contributed by atoms with Crippen molar-refractivity contribution in [3.63, 3.8) is 0 Å². The average Bonchev–Trinajstić information content (AvgIpc) is 2.61. The maximum absolute atomic E-state index is 12.0. The molecule has 0 saturated heterocycles. The van der Waals surface area contributed by atoms with Crippen molar-refractivity contribution in [1.82, 2.24) is 10.6 Å². The molecule has 6 heteroatoms. The number of hydrogen-bond donors (Lipinski definition) is 4. The molecule has 0 aromatic heterocycles. The van der Waals surface area contributed by atoms with E-state index in [0.29, 0.717) is 12.2 Å². The topological polar surface area (TPSA) is 90.5 Å². The lowest BCUT2D eigenvalue weighted by Crippen LogP contribution is -2.45. The number of carbonyl (C=O) groups excluding carboxylic acids is 2. The first-order valence-corrected chi connectivity index (χ1v) is 7.67. The molecule has 0 aliphatic heterocycles. The maximum atomic E-state index is 12.0. The second-order valence-electron chi connectivity index (χ2n) is 5.38. The van der Waals surface area contributed by atoms with Gasteiger partial charge in [-0.2, -0.15) is 0 Å². The van der Waals surface area contributed by atoms with Gasteiger partial charge in [-0.3, -0.25) is 10.1 Å². The second kappa shape index (κ2) is 8.69. The molecule has 24 heavy (non-hydrogen) atoms. The van der Waals surface area contributed by atoms with Crippen LogP contribution < -0.4 is 16.0 Å². The van der Waals surface area contributed by atoms with Crippen LogP contribution in [0.5, 0.6) is 0 Å². The summed E-state index contributed by atoms with van der Waals surface area (Å²) in [6.07, 6.45) is 0. The number of anilines is 1. The summed E-state index contributed by atoms with van der Waals surface area (Å²) in [6, 6.07) is 15.4. The summed E-state index contributed by atoms with van der Waals surface area (Å²) < 4.78 is 0. The number of imide groups is 1. The SMILES string of the molecule is CC(Nc1cccc(CO)c1)C(=O)NC(=O)NCc1ccccc1. The number of aliphatic hydroxyl groups is 1. The van der Waals surface area contributed by atoms with Gasteiger partial charge in [0.25, 0.3) is 0 Å². The van der Waals surface area contributed by atoms with E-state index in [0.717, 1.165) is 11.1 Å². The first-order chi connectivity index (χ1) is 11.6. The van der Waals surface area contributed by atoms with Gasteiger partial charge in [-0.15, -0.1) is 0 Å². The number of nitrogens with one attached hydrogen (secondary N) is 3. The first-order valence-electron chi connectivity index (χ1n) is 7.67. The quantitative estimate of drug-likeness (QED) is 0.653. The Bertz CT molecular complexity index is 689. The normalized spacial score (nSPS) is 11.4. The van der Waals surface area contributed by atoms with E-state index in [1.54, 1.807) is 31.2 Å². The zero-order valence-electron chi connectivity index (χ0n) is 13.5. The Balaban J connectivity index is 1.81. The van der Waals surface area contributed by atoms with E-state index >= 15 is 0 Å². The summed E-state index contributed by atoms with van der Waals surface area (Å²) in [4.78, 5) is 23.8. The molecule has 0 radical (unpaired) electrons. The number of aliphatic hydroxyl groups excluding tert-OH is 1. The summed E-state index contributed by atoms with van der Waals surface area (Å²) in [5.74, 6) is -0.435. The van der Waals surface area contributed by atoms with Crippen LogP contribution in [0.15, 0.2) is 54.6 Å². The van der Waals surface area contributed by atoms with Crippen molar-refractivity contribution < 1.29 is 14.7 Å². The maximum Gasteiger partial charge on any atom is 0.321 e. The third kappa shape index (κ3) is 5.40. The van der Waals surface area contributed by atoms with Crippen molar-refractivity contribution in [2.24, 2.45) is 0 Å². The van der Waals surface area contributed by atoms with Crippen LogP contribution in [-0.2, 0) is 17.9 Å². The van der Waals surface area contributed by atoms with Crippen LogP contribution in [0, 0.1) is 0 Å². The van der Waals surface area contributed by atoms with Gasteiger partial charge in [-0.05, 0) is 30.2 Å². The molecule has 0 spiro atoms. The highest BCUT2D eigenvalue weighted by Gasteiger charge is 2.15. The number of urea groups is 1. The highest BCUT2D eigenvalue weighted by atomic mass is 16.3. The molecule has 126 valence electrons. The third-order valence-electron chi connectivity index (χ3n) is 3.42. The Labute approximate surface area is 140 Å². The van der Waals surface area contributed by atoms with Crippen molar-refractivity contribution in [1.29, 1.82) is 0 Å². The van der Waals surface area contributed by atoms with Crippen LogP contribution in [0.2, 0.25) is 0 Å². The third-order valence-corrected chi connectivity index (χ3v) is 3.42. The van der Waals surface area contributed by atoms with Gasteiger partial charge in [-0.25, -0.2) is 4.79 Å². The minimum atomic E-state index is -0.596. The van der Waals surface area contributed by atoms with E-state index in [1.807, 2.05) is 30.3 Å². The number of hydrogen-bond acceptors (Lipinski definition) is 4. The van der Waals surface area contributed by atoms with Gasteiger partial charge < -0.3 is 15.7 Å². The Hall–Kier alpha value is -2.86. The molecule has 0 heterocycles. The molecule has 1 atom stereocenters. The molecule has 2 aromatic carbocycles. The van der Waals surface area contributed by atoms with Gasteiger partial charge >= 0.3 is 6.03 Å². The Morgan fingerprint density at radius 2 is 1.75 bits per heavy atom. The fraction of sp³-hybridized carbons (Fsp3) is 0.222. The van der Waals surface area contributed by atoms with Crippen molar-refractivity contribution in [2.75, 3.05) is 5.32 Å². The van der Waals surface area contributed by atoms with Gasteiger partial charge in [0.15, 0.2) is 0 Å². The van der Waals surface area contributed by atoms with Crippen LogP contribution >= 0.6 is 0 Å². The van der Waals surface area contributed by atoms with Crippen LogP contribution in [-0.4, -0.2) is 23.1 Å². The van der Waals surface area contributed by atoms with Crippen molar-refractivity contribution in [2.45, 2.75) is 26.1 Å². The monoisotopic (exact) mass is 327 g/mol. The zero-order valence-corrected chi connectivity index (χ0v) is 13.5. The molecule has 4 N–H and O–H groups in total. The minimum absolute atomic E-state index is 0.0714. The summed E-state index contributed by atoms with van der Waals surface area (Å²) in [6.45, 7) is 1.93. The van der Waals surface area contributed by atoms with Crippen LogP contribution in [0.25, 0.3) is 0 Å². The summed E-state index contributed by atoms with van der Waals surface area (Å²) in [5, 5.41) is 17.0. The van der Waals surface area contributed by atoms with Crippen LogP contribution in [0.3, 0.4) is 0 Å². The molecule has 2 aromatic rings. The zero-order chi connectivity index (χ0) is 17.4. The van der Waals surface area contributed by atoms with E-state index in [-0.39, 0.29) is 6.61 Å². The largest absolute Gasteiger partial charge is 0.392 e. The van der Waals surface area contributed by atoms with Crippen molar-refractivity contribution >= 4 is 17.6 Å². The number of amides is 3. The fourth-order valence-electron chi connectivity index (χ4n) is 2.12. The van der Waals surface area contributed by atoms with Gasteiger partial charge in [-0.1, -0.05) is 42.5 Å². The van der Waals surface area contributed by atoms with Crippen LogP contribution in [0.1, 0.15) is 18.1 Å². The molecule has 1 unspecified atom stereocenters. The molecule has 3 amide bonds. The summed E-state index contributed by atoms with van der Waals surface area (Å²) in [7, 11) is 0. The average molecular weight is 327 g/mol. The summed E-state index contributed by atoms with van der Waals surface area (Å²) in [5.41, 5.74) is 2.40. The van der Waals surface area contributed by atoms with Crippen molar-refractivity contribution in [3.8, 4) is 0 Å². The van der Waals surface area contributed by atoms with Gasteiger partial charge in [0.2, 0.25) is 5.91 Å². The van der Waals surface area contributed by atoms with Gasteiger partial charge in [0.05, 0.1) is 6.61 Å². The number of carbonyl (C=O) groups is 2. The summed E-state index contributed by atoms with van der Waals surface area (Å²) >= 11 is 0. The van der Waals surface area contributed by atoms with E-state index < -0.39 is 18.0 Å². The molecule has 0 saturated carbocycles. The van der Waals surface area contributed by atoms with Gasteiger partial charge in [0, 0.05) is 12.2 Å². The predicted octanol–water partition coefficient (Wildman–Crippen LogP) is 2.01. The molecule has 0 fully saturated rings. The van der Waals surface area contributed by atoms with E-state index in [4.69, 9.17) is 5.11 Å². The highest BCUT2D eigenvalue weighted by Crippen LogP contribution is 2.11. The van der Waals surface area contributed by atoms with Gasteiger partial charge in [0.1, 0.15) is 6.04 Å². The molecule has 0 aliphatic carbocycles. The molecule has 0 aliphatic rings. The molecule has 6 nitrogen and oxygen atoms in total. The Morgan fingerprint density at radius 1 is 1.04 bits per heavy atom. The Morgan fingerprint density at radius 3 is 2.46 bits per heavy atom. The molecule has 0 bridgehead atoms. The van der Waals surface area contributed by atoms with Crippen molar-refractivity contribution in [3.05, 3.63) is 65.7 Å². The van der Waals surface area contributed by atoms with Crippen LogP contribution in [0.4, 0.5) is 10.5 Å². The number of benzene rings is 2. The lowest BCUT2D eigenvalue weighted by Gasteiger charge is -2.15. The standard InChI is InChI=1S/C18H21N3O3/c1-13(20-16-9-5-8-15(10-16)12-22)17(23)21-18(24)19-11-14-6-3-2-4-7-14/h2-10,13,20,22H,11-12H2,1H3,(H2,19,21,23,24). The Kier molecular flexibility index (Phi) is 6.33. The lowest BCUT2D eigenvalue weighted by molar-refractivity contribution is -0.120. The van der Waals surface area contributed by atoms with E-state index in [1.165, 1.54) is 0 Å². The minimum Gasteiger partial charge on any atom is -0.392 e.